The molecule has 3 nitrogen and oxygen atoms in total. The van der Waals surface area contributed by atoms with Gasteiger partial charge in [0.25, 0.3) is 5.91 Å². The molecule has 0 spiro atoms. The minimum absolute atomic E-state index is 0.0447. The summed E-state index contributed by atoms with van der Waals surface area (Å²) in [5, 5.41) is 4.26. The molecule has 0 atom stereocenters. The van der Waals surface area contributed by atoms with Crippen LogP contribution in [0, 0.1) is 5.92 Å². The third-order valence-corrected chi connectivity index (χ3v) is 4.37. The maximum absolute atomic E-state index is 12.2. The van der Waals surface area contributed by atoms with Gasteiger partial charge in [-0.1, -0.05) is 13.8 Å². The molecule has 0 unspecified atom stereocenters. The molecular formula is C18H24N2O. The van der Waals surface area contributed by atoms with E-state index in [9.17, 15) is 4.79 Å². The lowest BCUT2D eigenvalue weighted by Crippen LogP contribution is -2.25. The molecule has 0 fully saturated rings. The number of H-pyrrole nitrogens is 1. The summed E-state index contributed by atoms with van der Waals surface area (Å²) in [6.45, 7) is 5.09. The summed E-state index contributed by atoms with van der Waals surface area (Å²) in [4.78, 5) is 15.7. The van der Waals surface area contributed by atoms with Crippen LogP contribution in [0.3, 0.4) is 0 Å². The van der Waals surface area contributed by atoms with E-state index in [-0.39, 0.29) is 5.91 Å². The molecule has 3 rings (SSSR count). The van der Waals surface area contributed by atoms with Gasteiger partial charge in [-0.3, -0.25) is 4.79 Å². The minimum atomic E-state index is 0.0447. The maximum atomic E-state index is 12.2. The fraction of sp³-hybridized carbons (Fsp3) is 0.500. The lowest BCUT2D eigenvalue weighted by Gasteiger charge is -2.11. The SMILES string of the molecule is CC(C)CCNC(=O)c1ccc2[nH]c3c(c2c1)CCCC3. The zero-order valence-electron chi connectivity index (χ0n) is 13.0. The Morgan fingerprint density at radius 3 is 2.90 bits per heavy atom. The number of hydrogen-bond acceptors (Lipinski definition) is 1. The summed E-state index contributed by atoms with van der Waals surface area (Å²) in [6, 6.07) is 6.03. The van der Waals surface area contributed by atoms with Crippen molar-refractivity contribution < 1.29 is 4.79 Å². The number of benzene rings is 1. The molecule has 112 valence electrons. The van der Waals surface area contributed by atoms with Crippen LogP contribution in [-0.2, 0) is 12.8 Å². The van der Waals surface area contributed by atoms with Gasteiger partial charge in [-0.25, -0.2) is 0 Å². The predicted octanol–water partition coefficient (Wildman–Crippen LogP) is 3.82. The molecule has 1 aromatic carbocycles. The molecule has 21 heavy (non-hydrogen) atoms. The number of rotatable bonds is 4. The number of nitrogens with one attached hydrogen (secondary N) is 2. The summed E-state index contributed by atoms with van der Waals surface area (Å²) < 4.78 is 0. The van der Waals surface area contributed by atoms with Crippen molar-refractivity contribution in [3.05, 3.63) is 35.0 Å². The Kier molecular flexibility index (Phi) is 4.00. The first-order chi connectivity index (χ1) is 10.1. The van der Waals surface area contributed by atoms with E-state index in [4.69, 9.17) is 0 Å². The lowest BCUT2D eigenvalue weighted by molar-refractivity contribution is 0.0952. The number of hydrogen-bond donors (Lipinski definition) is 2. The van der Waals surface area contributed by atoms with Crippen LogP contribution in [0.15, 0.2) is 18.2 Å². The molecule has 0 saturated heterocycles. The first kappa shape index (κ1) is 14.2. The fourth-order valence-corrected chi connectivity index (χ4v) is 3.12. The minimum Gasteiger partial charge on any atom is -0.358 e. The van der Waals surface area contributed by atoms with Crippen molar-refractivity contribution in [2.24, 2.45) is 5.92 Å². The summed E-state index contributed by atoms with van der Waals surface area (Å²) in [6.07, 6.45) is 5.81. The normalized spacial score (nSPS) is 14.4. The van der Waals surface area contributed by atoms with E-state index in [1.165, 1.54) is 35.0 Å². The van der Waals surface area contributed by atoms with E-state index in [0.29, 0.717) is 5.92 Å². The molecule has 1 amide bonds. The van der Waals surface area contributed by atoms with Crippen molar-refractivity contribution in [2.75, 3.05) is 6.54 Å². The van der Waals surface area contributed by atoms with Gasteiger partial charge in [-0.05, 0) is 61.8 Å². The average molecular weight is 284 g/mol. The van der Waals surface area contributed by atoms with Gasteiger partial charge in [0.2, 0.25) is 0 Å². The molecule has 3 heteroatoms. The number of carbonyl (C=O) groups excluding carboxylic acids is 1. The number of aromatic amines is 1. The molecule has 1 aliphatic carbocycles. The Bertz CT molecular complexity index is 655. The van der Waals surface area contributed by atoms with Crippen LogP contribution in [0.5, 0.6) is 0 Å². The molecule has 1 heterocycles. The molecule has 2 aromatic rings. The van der Waals surface area contributed by atoms with Crippen LogP contribution in [0.25, 0.3) is 10.9 Å². The van der Waals surface area contributed by atoms with E-state index in [1.54, 1.807) is 0 Å². The Hall–Kier alpha value is -1.77. The highest BCUT2D eigenvalue weighted by Crippen LogP contribution is 2.29. The highest BCUT2D eigenvalue weighted by Gasteiger charge is 2.16. The van der Waals surface area contributed by atoms with Crippen LogP contribution < -0.4 is 5.32 Å². The van der Waals surface area contributed by atoms with E-state index in [0.717, 1.165) is 31.4 Å². The topological polar surface area (TPSA) is 44.9 Å². The summed E-state index contributed by atoms with van der Waals surface area (Å²) in [5.74, 6) is 0.660. The van der Waals surface area contributed by atoms with Crippen molar-refractivity contribution in [2.45, 2.75) is 46.0 Å². The van der Waals surface area contributed by atoms with Gasteiger partial charge in [0.1, 0.15) is 0 Å². The summed E-state index contributed by atoms with van der Waals surface area (Å²) >= 11 is 0. The molecular weight excluding hydrogens is 260 g/mol. The zero-order valence-corrected chi connectivity index (χ0v) is 13.0. The maximum Gasteiger partial charge on any atom is 0.251 e. The average Bonchev–Trinajstić information content (AvgIpc) is 2.84. The first-order valence-corrected chi connectivity index (χ1v) is 8.07. The van der Waals surface area contributed by atoms with E-state index < -0.39 is 0 Å². The molecule has 0 aliphatic heterocycles. The molecule has 0 radical (unpaired) electrons. The van der Waals surface area contributed by atoms with Gasteiger partial charge in [0.05, 0.1) is 0 Å². The van der Waals surface area contributed by atoms with Gasteiger partial charge in [-0.2, -0.15) is 0 Å². The van der Waals surface area contributed by atoms with Crippen LogP contribution in [0.4, 0.5) is 0 Å². The van der Waals surface area contributed by atoms with Crippen LogP contribution in [-0.4, -0.2) is 17.4 Å². The summed E-state index contributed by atoms with van der Waals surface area (Å²) in [5.41, 5.74) is 4.74. The lowest BCUT2D eigenvalue weighted by atomic mass is 9.95. The second-order valence-electron chi connectivity index (χ2n) is 6.49. The Morgan fingerprint density at radius 1 is 1.29 bits per heavy atom. The van der Waals surface area contributed by atoms with Crippen LogP contribution in [0.1, 0.15) is 54.7 Å². The molecule has 2 N–H and O–H groups in total. The van der Waals surface area contributed by atoms with Crippen molar-refractivity contribution in [1.29, 1.82) is 0 Å². The molecule has 0 saturated carbocycles. The van der Waals surface area contributed by atoms with E-state index >= 15 is 0 Å². The van der Waals surface area contributed by atoms with Gasteiger partial charge < -0.3 is 10.3 Å². The Balaban J connectivity index is 1.81. The van der Waals surface area contributed by atoms with E-state index in [1.807, 2.05) is 12.1 Å². The van der Waals surface area contributed by atoms with Crippen molar-refractivity contribution >= 4 is 16.8 Å². The number of aryl methyl sites for hydroxylation is 2. The first-order valence-electron chi connectivity index (χ1n) is 8.07. The van der Waals surface area contributed by atoms with Crippen molar-refractivity contribution in [1.82, 2.24) is 10.3 Å². The molecule has 1 aliphatic rings. The number of fused-ring (bicyclic) bond motifs is 3. The second kappa shape index (κ2) is 5.92. The summed E-state index contributed by atoms with van der Waals surface area (Å²) in [7, 11) is 0. The van der Waals surface area contributed by atoms with E-state index in [2.05, 4.69) is 30.2 Å². The van der Waals surface area contributed by atoms with Crippen molar-refractivity contribution in [3.63, 3.8) is 0 Å². The van der Waals surface area contributed by atoms with Crippen LogP contribution >= 0.6 is 0 Å². The zero-order chi connectivity index (χ0) is 14.8. The number of aromatic nitrogens is 1. The third-order valence-electron chi connectivity index (χ3n) is 4.37. The van der Waals surface area contributed by atoms with Crippen LogP contribution in [0.2, 0.25) is 0 Å². The van der Waals surface area contributed by atoms with Gasteiger partial charge in [0.15, 0.2) is 0 Å². The Labute approximate surface area is 126 Å². The predicted molar refractivity (Wildman–Crippen MR) is 86.7 cm³/mol. The van der Waals surface area contributed by atoms with Crippen molar-refractivity contribution in [3.8, 4) is 0 Å². The quantitative estimate of drug-likeness (QED) is 0.880. The monoisotopic (exact) mass is 284 g/mol. The standard InChI is InChI=1S/C18H24N2O/c1-12(2)9-10-19-18(21)13-7-8-17-15(11-13)14-5-3-4-6-16(14)20-17/h7-8,11-12,20H,3-6,9-10H2,1-2H3,(H,19,21). The van der Waals surface area contributed by atoms with Gasteiger partial charge in [-0.15, -0.1) is 0 Å². The number of amides is 1. The Morgan fingerprint density at radius 2 is 2.10 bits per heavy atom. The largest absolute Gasteiger partial charge is 0.358 e. The smallest absolute Gasteiger partial charge is 0.251 e. The van der Waals surface area contributed by atoms with Gasteiger partial charge >= 0.3 is 0 Å². The number of carbonyl (C=O) groups is 1. The second-order valence-corrected chi connectivity index (χ2v) is 6.49. The van der Waals surface area contributed by atoms with Gasteiger partial charge in [0, 0.05) is 28.7 Å². The third kappa shape index (κ3) is 2.97. The highest BCUT2D eigenvalue weighted by atomic mass is 16.1. The highest BCUT2D eigenvalue weighted by molar-refractivity contribution is 5.99. The molecule has 0 bridgehead atoms. The molecule has 1 aromatic heterocycles. The fourth-order valence-electron chi connectivity index (χ4n) is 3.12.